The summed E-state index contributed by atoms with van der Waals surface area (Å²) in [6, 6.07) is -0.338. The second-order valence-electron chi connectivity index (χ2n) is 3.89. The SMILES string of the molecule is CSC1(C2N[C@@H](C(=O)O)CS2)CCC1. The first-order chi connectivity index (χ1) is 6.68. The first kappa shape index (κ1) is 10.6. The van der Waals surface area contributed by atoms with Gasteiger partial charge in [-0.25, -0.2) is 0 Å². The van der Waals surface area contributed by atoms with Crippen LogP contribution in [0.5, 0.6) is 0 Å². The largest absolute Gasteiger partial charge is 0.480 e. The Labute approximate surface area is 92.4 Å². The number of hydrogen-bond donors (Lipinski definition) is 2. The molecule has 5 heteroatoms. The molecule has 0 spiro atoms. The Morgan fingerprint density at radius 2 is 2.36 bits per heavy atom. The van der Waals surface area contributed by atoms with Crippen LogP contribution in [0.4, 0.5) is 0 Å². The van der Waals surface area contributed by atoms with Gasteiger partial charge in [0.2, 0.25) is 0 Å². The van der Waals surface area contributed by atoms with E-state index in [1.165, 1.54) is 19.3 Å². The fourth-order valence-electron chi connectivity index (χ4n) is 2.02. The van der Waals surface area contributed by atoms with Crippen molar-refractivity contribution in [3.05, 3.63) is 0 Å². The molecule has 0 aromatic rings. The number of carboxylic acid groups (broad SMARTS) is 1. The highest BCUT2D eigenvalue weighted by Crippen LogP contribution is 2.50. The highest BCUT2D eigenvalue weighted by molar-refractivity contribution is 8.04. The van der Waals surface area contributed by atoms with Gasteiger partial charge in [0.25, 0.3) is 0 Å². The van der Waals surface area contributed by atoms with Gasteiger partial charge in [-0.15, -0.1) is 11.8 Å². The van der Waals surface area contributed by atoms with Gasteiger partial charge in [-0.2, -0.15) is 11.8 Å². The lowest BCUT2D eigenvalue weighted by molar-refractivity contribution is -0.138. The molecule has 1 saturated carbocycles. The highest BCUT2D eigenvalue weighted by atomic mass is 32.2. The average molecular weight is 233 g/mol. The van der Waals surface area contributed by atoms with E-state index in [0.29, 0.717) is 15.9 Å². The molecule has 80 valence electrons. The molecule has 1 heterocycles. The van der Waals surface area contributed by atoms with E-state index >= 15 is 0 Å². The van der Waals surface area contributed by atoms with Crippen LogP contribution in [0.3, 0.4) is 0 Å². The third kappa shape index (κ3) is 1.66. The van der Waals surface area contributed by atoms with E-state index in [0.717, 1.165) is 0 Å². The molecular formula is C9H15NO2S2. The summed E-state index contributed by atoms with van der Waals surface area (Å²) in [6.07, 6.45) is 5.88. The molecule has 1 unspecified atom stereocenters. The lowest BCUT2D eigenvalue weighted by Gasteiger charge is -2.44. The second-order valence-corrected chi connectivity index (χ2v) is 6.25. The van der Waals surface area contributed by atoms with Gasteiger partial charge in [-0.05, 0) is 19.1 Å². The summed E-state index contributed by atoms with van der Waals surface area (Å²) in [4.78, 5) is 10.8. The third-order valence-electron chi connectivity index (χ3n) is 3.16. The molecule has 2 atom stereocenters. The van der Waals surface area contributed by atoms with Crippen molar-refractivity contribution in [3.8, 4) is 0 Å². The fraction of sp³-hybridized carbons (Fsp3) is 0.889. The molecule has 1 aliphatic carbocycles. The summed E-state index contributed by atoms with van der Waals surface area (Å²) in [5.74, 6) is -0.00180. The van der Waals surface area contributed by atoms with Gasteiger partial charge < -0.3 is 5.11 Å². The Morgan fingerprint density at radius 1 is 1.64 bits per heavy atom. The van der Waals surface area contributed by atoms with Gasteiger partial charge in [0.1, 0.15) is 6.04 Å². The maximum atomic E-state index is 10.8. The van der Waals surface area contributed by atoms with E-state index in [1.54, 1.807) is 11.8 Å². The molecule has 0 radical (unpaired) electrons. The molecule has 14 heavy (non-hydrogen) atoms. The number of rotatable bonds is 3. The van der Waals surface area contributed by atoms with Crippen LogP contribution in [0, 0.1) is 0 Å². The molecule has 1 saturated heterocycles. The number of nitrogens with one attached hydrogen (secondary N) is 1. The van der Waals surface area contributed by atoms with Gasteiger partial charge in [-0.3, -0.25) is 10.1 Å². The van der Waals surface area contributed by atoms with Crippen molar-refractivity contribution in [1.29, 1.82) is 0 Å². The monoisotopic (exact) mass is 233 g/mol. The maximum absolute atomic E-state index is 10.8. The van der Waals surface area contributed by atoms with Crippen LogP contribution in [-0.2, 0) is 4.79 Å². The molecule has 2 N–H and O–H groups in total. The summed E-state index contributed by atoms with van der Waals surface area (Å²) in [6.45, 7) is 0. The zero-order valence-electron chi connectivity index (χ0n) is 8.16. The average Bonchev–Trinajstić information content (AvgIpc) is 2.52. The normalized spacial score (nSPS) is 35.2. The van der Waals surface area contributed by atoms with Crippen molar-refractivity contribution >= 4 is 29.5 Å². The number of carboxylic acids is 1. The zero-order chi connectivity index (χ0) is 10.2. The van der Waals surface area contributed by atoms with Crippen molar-refractivity contribution < 1.29 is 9.90 Å². The maximum Gasteiger partial charge on any atom is 0.321 e. The van der Waals surface area contributed by atoms with Crippen molar-refractivity contribution in [1.82, 2.24) is 5.32 Å². The van der Waals surface area contributed by atoms with E-state index in [9.17, 15) is 4.79 Å². The second kappa shape index (κ2) is 3.94. The van der Waals surface area contributed by atoms with Crippen LogP contribution in [0.15, 0.2) is 0 Å². The van der Waals surface area contributed by atoms with E-state index in [1.807, 2.05) is 11.8 Å². The topological polar surface area (TPSA) is 49.3 Å². The Kier molecular flexibility index (Phi) is 3.00. The van der Waals surface area contributed by atoms with Gasteiger partial charge >= 0.3 is 5.97 Å². The summed E-state index contributed by atoms with van der Waals surface area (Å²) >= 11 is 3.67. The number of aliphatic carboxylic acids is 1. The molecule has 0 bridgehead atoms. The van der Waals surface area contributed by atoms with Gasteiger partial charge in [0, 0.05) is 10.5 Å². The van der Waals surface area contributed by atoms with Gasteiger partial charge in [0.05, 0.1) is 5.37 Å². The van der Waals surface area contributed by atoms with Crippen LogP contribution >= 0.6 is 23.5 Å². The predicted molar refractivity (Wildman–Crippen MR) is 60.9 cm³/mol. The summed E-state index contributed by atoms with van der Waals surface area (Å²) < 4.78 is 0.314. The van der Waals surface area contributed by atoms with E-state index in [2.05, 4.69) is 11.6 Å². The quantitative estimate of drug-likeness (QED) is 0.771. The number of hydrogen-bond acceptors (Lipinski definition) is 4. The summed E-state index contributed by atoms with van der Waals surface area (Å²) in [7, 11) is 0. The van der Waals surface area contributed by atoms with E-state index in [4.69, 9.17) is 5.11 Å². The molecule has 2 aliphatic rings. The number of thioether (sulfide) groups is 2. The highest BCUT2D eigenvalue weighted by Gasteiger charge is 2.47. The minimum absolute atomic E-state index is 0.314. The minimum atomic E-state index is -0.712. The first-order valence-corrected chi connectivity index (χ1v) is 7.11. The van der Waals surface area contributed by atoms with Gasteiger partial charge in [-0.1, -0.05) is 6.42 Å². The molecule has 0 aromatic heterocycles. The van der Waals surface area contributed by atoms with E-state index in [-0.39, 0.29) is 6.04 Å². The van der Waals surface area contributed by atoms with Crippen molar-refractivity contribution in [3.63, 3.8) is 0 Å². The van der Waals surface area contributed by atoms with Crippen LogP contribution in [0.1, 0.15) is 19.3 Å². The first-order valence-electron chi connectivity index (χ1n) is 4.83. The zero-order valence-corrected chi connectivity index (χ0v) is 9.79. The predicted octanol–water partition coefficient (Wildman–Crippen LogP) is 1.39. The molecule has 2 fully saturated rings. The van der Waals surface area contributed by atoms with Crippen molar-refractivity contribution in [2.24, 2.45) is 0 Å². The molecule has 1 aliphatic heterocycles. The van der Waals surface area contributed by atoms with Crippen LogP contribution in [-0.4, -0.2) is 39.2 Å². The molecule has 0 amide bonds. The summed E-state index contributed by atoms with van der Waals surface area (Å²) in [5.41, 5.74) is 0. The van der Waals surface area contributed by atoms with E-state index < -0.39 is 5.97 Å². The molecule has 2 rings (SSSR count). The smallest absolute Gasteiger partial charge is 0.321 e. The fourth-order valence-corrected chi connectivity index (χ4v) is 4.91. The summed E-state index contributed by atoms with van der Waals surface area (Å²) in [5, 5.41) is 12.4. The van der Waals surface area contributed by atoms with Crippen LogP contribution in [0.2, 0.25) is 0 Å². The third-order valence-corrected chi connectivity index (χ3v) is 6.22. The Morgan fingerprint density at radius 3 is 2.71 bits per heavy atom. The standard InChI is InChI=1S/C9H15NO2S2/c1-13-9(3-2-4-9)8-10-6(5-14-8)7(11)12/h6,8,10H,2-5H2,1H3,(H,11,12)/t6-,8?/m1/s1. The Balaban J connectivity index is 1.97. The van der Waals surface area contributed by atoms with Crippen molar-refractivity contribution in [2.45, 2.75) is 35.4 Å². The lowest BCUT2D eigenvalue weighted by atomic mass is 9.83. The van der Waals surface area contributed by atoms with Crippen molar-refractivity contribution in [2.75, 3.05) is 12.0 Å². The molecular weight excluding hydrogens is 218 g/mol. The van der Waals surface area contributed by atoms with Crippen LogP contribution < -0.4 is 5.32 Å². The van der Waals surface area contributed by atoms with Crippen LogP contribution in [0.25, 0.3) is 0 Å². The Bertz CT molecular complexity index is 237. The Hall–Kier alpha value is 0.130. The minimum Gasteiger partial charge on any atom is -0.480 e. The molecule has 0 aromatic carbocycles. The van der Waals surface area contributed by atoms with Gasteiger partial charge in [0.15, 0.2) is 0 Å². The number of carbonyl (C=O) groups is 1. The lowest BCUT2D eigenvalue weighted by Crippen LogP contribution is -2.51. The molecule has 3 nitrogen and oxygen atoms in total.